The van der Waals surface area contributed by atoms with Gasteiger partial charge in [0.25, 0.3) is 0 Å². The molecule has 3 atom stereocenters. The second-order valence-electron chi connectivity index (χ2n) is 4.82. The summed E-state index contributed by atoms with van der Waals surface area (Å²) in [4.78, 5) is 5.23. The van der Waals surface area contributed by atoms with Crippen molar-refractivity contribution in [3.8, 4) is 0 Å². The minimum absolute atomic E-state index is 0.0458. The molecular formula is C11H24N2O3. The monoisotopic (exact) mass is 232 g/mol. The second kappa shape index (κ2) is 6.51. The number of hydroxylamine groups is 1. The van der Waals surface area contributed by atoms with Crippen LogP contribution in [-0.4, -0.2) is 44.1 Å². The molecule has 1 aliphatic rings. The first-order chi connectivity index (χ1) is 7.52. The lowest BCUT2D eigenvalue weighted by Crippen LogP contribution is -2.55. The van der Waals surface area contributed by atoms with Gasteiger partial charge < -0.3 is 15.2 Å². The number of rotatable bonds is 8. The molecule has 3 N–H and O–H groups in total. The summed E-state index contributed by atoms with van der Waals surface area (Å²) in [5.74, 6) is 0. The van der Waals surface area contributed by atoms with Crippen molar-refractivity contribution in [2.75, 3.05) is 26.4 Å². The summed E-state index contributed by atoms with van der Waals surface area (Å²) in [5.41, 5.74) is 8.33. The predicted molar refractivity (Wildman–Crippen MR) is 62.0 cm³/mol. The summed E-state index contributed by atoms with van der Waals surface area (Å²) in [6.07, 6.45) is 0.999. The van der Waals surface area contributed by atoms with E-state index in [1.165, 1.54) is 0 Å². The molecule has 1 saturated heterocycles. The number of hydrogen-bond donors (Lipinski definition) is 2. The average Bonchev–Trinajstić information content (AvgIpc) is 2.19. The summed E-state index contributed by atoms with van der Waals surface area (Å²) >= 11 is 0. The van der Waals surface area contributed by atoms with Crippen molar-refractivity contribution in [3.05, 3.63) is 0 Å². The fourth-order valence-electron chi connectivity index (χ4n) is 1.36. The normalized spacial score (nSPS) is 28.5. The molecule has 0 saturated carbocycles. The zero-order chi connectivity index (χ0) is 12.0. The molecule has 0 aromatic carbocycles. The Balaban J connectivity index is 1.93. The van der Waals surface area contributed by atoms with Crippen LogP contribution in [0.15, 0.2) is 0 Å². The predicted octanol–water partition coefficient (Wildman–Crippen LogP) is 0.439. The maximum atomic E-state index is 5.59. The molecule has 0 aromatic rings. The van der Waals surface area contributed by atoms with Crippen LogP contribution in [0.1, 0.15) is 27.2 Å². The fourth-order valence-corrected chi connectivity index (χ4v) is 1.36. The highest BCUT2D eigenvalue weighted by Crippen LogP contribution is 2.19. The minimum Gasteiger partial charge on any atom is -0.379 e. The summed E-state index contributed by atoms with van der Waals surface area (Å²) < 4.78 is 11.0. The summed E-state index contributed by atoms with van der Waals surface area (Å²) in [7, 11) is 0. The molecule has 3 unspecified atom stereocenters. The van der Waals surface area contributed by atoms with Gasteiger partial charge >= 0.3 is 0 Å². The van der Waals surface area contributed by atoms with Crippen molar-refractivity contribution >= 4 is 0 Å². The number of ether oxygens (including phenoxy) is 2. The van der Waals surface area contributed by atoms with Gasteiger partial charge in [0, 0.05) is 19.1 Å². The Kier molecular flexibility index (Phi) is 5.64. The lowest BCUT2D eigenvalue weighted by Gasteiger charge is -2.38. The molecule has 16 heavy (non-hydrogen) atoms. The molecule has 0 radical (unpaired) electrons. The molecule has 1 heterocycles. The van der Waals surface area contributed by atoms with Crippen molar-refractivity contribution in [2.45, 2.75) is 44.9 Å². The smallest absolute Gasteiger partial charge is 0.104 e. The largest absolute Gasteiger partial charge is 0.379 e. The Bertz CT molecular complexity index is 196. The quantitative estimate of drug-likeness (QED) is 0.594. The topological polar surface area (TPSA) is 65.7 Å². The molecule has 5 nitrogen and oxygen atoms in total. The first kappa shape index (κ1) is 13.9. The van der Waals surface area contributed by atoms with Crippen LogP contribution in [0, 0.1) is 0 Å². The third-order valence-electron chi connectivity index (χ3n) is 2.54. The highest BCUT2D eigenvalue weighted by Gasteiger charge is 2.33. The molecule has 96 valence electrons. The molecule has 0 aromatic heterocycles. The zero-order valence-corrected chi connectivity index (χ0v) is 10.5. The molecule has 1 fully saturated rings. The summed E-state index contributed by atoms with van der Waals surface area (Å²) in [6, 6.07) is 0.0795. The molecular weight excluding hydrogens is 208 g/mol. The number of nitrogens with one attached hydrogen (secondary N) is 1. The van der Waals surface area contributed by atoms with Gasteiger partial charge in [0.15, 0.2) is 0 Å². The highest BCUT2D eigenvalue weighted by atomic mass is 16.7. The highest BCUT2D eigenvalue weighted by molar-refractivity contribution is 4.81. The van der Waals surface area contributed by atoms with Crippen molar-refractivity contribution in [1.29, 1.82) is 0 Å². The van der Waals surface area contributed by atoms with E-state index in [4.69, 9.17) is 20.0 Å². The van der Waals surface area contributed by atoms with Crippen molar-refractivity contribution < 1.29 is 14.3 Å². The molecule has 0 amide bonds. The first-order valence-corrected chi connectivity index (χ1v) is 5.88. The van der Waals surface area contributed by atoms with Crippen molar-refractivity contribution in [2.24, 2.45) is 5.73 Å². The number of nitrogens with two attached hydrogens (primary N) is 1. The van der Waals surface area contributed by atoms with Gasteiger partial charge in [-0.05, 0) is 20.8 Å². The van der Waals surface area contributed by atoms with E-state index in [1.54, 1.807) is 0 Å². The van der Waals surface area contributed by atoms with E-state index >= 15 is 0 Å². The van der Waals surface area contributed by atoms with Crippen molar-refractivity contribution in [1.82, 2.24) is 5.48 Å². The van der Waals surface area contributed by atoms with Crippen LogP contribution in [0.5, 0.6) is 0 Å². The Morgan fingerprint density at radius 3 is 2.62 bits per heavy atom. The minimum atomic E-state index is -0.0458. The van der Waals surface area contributed by atoms with Gasteiger partial charge in [-0.3, -0.25) is 4.84 Å². The van der Waals surface area contributed by atoms with Crippen LogP contribution in [0.25, 0.3) is 0 Å². The first-order valence-electron chi connectivity index (χ1n) is 5.88. The van der Waals surface area contributed by atoms with E-state index in [0.717, 1.165) is 13.0 Å². The van der Waals surface area contributed by atoms with E-state index in [0.29, 0.717) is 19.8 Å². The average molecular weight is 232 g/mol. The standard InChI is InChI=1S/C11H24N2O3/c1-9(12)6-15-10(2)7-14-5-4-11(3)8-13-16-11/h9-10,13H,4-8,12H2,1-3H3. The van der Waals surface area contributed by atoms with Crippen molar-refractivity contribution in [3.63, 3.8) is 0 Å². The van der Waals surface area contributed by atoms with Crippen LogP contribution in [0.2, 0.25) is 0 Å². The lowest BCUT2D eigenvalue weighted by atomic mass is 10.0. The van der Waals surface area contributed by atoms with Gasteiger partial charge in [-0.25, -0.2) is 0 Å². The van der Waals surface area contributed by atoms with Crippen LogP contribution in [-0.2, 0) is 14.3 Å². The summed E-state index contributed by atoms with van der Waals surface area (Å²) in [5, 5.41) is 0. The van der Waals surface area contributed by atoms with Gasteiger partial charge in [-0.15, -0.1) is 0 Å². The maximum absolute atomic E-state index is 5.59. The molecule has 1 rings (SSSR count). The fraction of sp³-hybridized carbons (Fsp3) is 1.00. The van der Waals surface area contributed by atoms with Gasteiger partial charge in [0.1, 0.15) is 5.60 Å². The third kappa shape index (κ3) is 5.23. The summed E-state index contributed by atoms with van der Waals surface area (Å²) in [6.45, 7) is 8.77. The number of hydrogen-bond acceptors (Lipinski definition) is 5. The van der Waals surface area contributed by atoms with E-state index in [9.17, 15) is 0 Å². The third-order valence-corrected chi connectivity index (χ3v) is 2.54. The Morgan fingerprint density at radius 1 is 1.44 bits per heavy atom. The Hall–Kier alpha value is -0.200. The molecule has 0 bridgehead atoms. The van der Waals surface area contributed by atoms with E-state index in [1.807, 2.05) is 13.8 Å². The SMILES string of the molecule is CC(N)COC(C)COCCC1(C)CNO1. The van der Waals surface area contributed by atoms with E-state index < -0.39 is 0 Å². The van der Waals surface area contributed by atoms with Gasteiger partial charge in [0.05, 0.1) is 25.9 Å². The molecule has 0 spiro atoms. The van der Waals surface area contributed by atoms with Crippen LogP contribution >= 0.6 is 0 Å². The Labute approximate surface area is 97.6 Å². The van der Waals surface area contributed by atoms with E-state index in [2.05, 4.69) is 12.4 Å². The Morgan fingerprint density at radius 2 is 2.12 bits per heavy atom. The molecule has 1 aliphatic heterocycles. The molecule has 0 aliphatic carbocycles. The van der Waals surface area contributed by atoms with Crippen LogP contribution in [0.4, 0.5) is 0 Å². The van der Waals surface area contributed by atoms with E-state index in [-0.39, 0.29) is 17.7 Å². The molecule has 5 heteroatoms. The van der Waals surface area contributed by atoms with Crippen LogP contribution < -0.4 is 11.2 Å². The van der Waals surface area contributed by atoms with Gasteiger partial charge in [0.2, 0.25) is 0 Å². The zero-order valence-electron chi connectivity index (χ0n) is 10.5. The van der Waals surface area contributed by atoms with Gasteiger partial charge in [-0.2, -0.15) is 5.48 Å². The second-order valence-corrected chi connectivity index (χ2v) is 4.82. The van der Waals surface area contributed by atoms with Crippen LogP contribution in [0.3, 0.4) is 0 Å². The van der Waals surface area contributed by atoms with Gasteiger partial charge in [-0.1, -0.05) is 0 Å². The lowest BCUT2D eigenvalue weighted by molar-refractivity contribution is -0.202. The maximum Gasteiger partial charge on any atom is 0.104 e.